The highest BCUT2D eigenvalue weighted by Gasteiger charge is 2.35. The molecule has 0 bridgehead atoms. The number of nitrogens with one attached hydrogen (secondary N) is 1. The number of benzene rings is 1. The Bertz CT molecular complexity index is 1110. The third-order valence-corrected chi connectivity index (χ3v) is 5.94. The van der Waals surface area contributed by atoms with Crippen LogP contribution in [0.25, 0.3) is 0 Å². The maximum absolute atomic E-state index is 13.2. The number of terminal acetylenes is 1. The predicted molar refractivity (Wildman–Crippen MR) is 139 cm³/mol. The number of rotatable bonds is 2. The first kappa shape index (κ1) is 28.1. The number of fused-ring (bicyclic) bond motifs is 1. The number of halogens is 2. The molecule has 0 radical (unpaired) electrons. The minimum absolute atomic E-state index is 0.0553. The summed E-state index contributed by atoms with van der Waals surface area (Å²) in [6, 6.07) is 7.05. The summed E-state index contributed by atoms with van der Waals surface area (Å²) in [5.41, 5.74) is 6.71. The zero-order valence-corrected chi connectivity index (χ0v) is 21.9. The second-order valence-corrected chi connectivity index (χ2v) is 9.75. The van der Waals surface area contributed by atoms with Crippen molar-refractivity contribution >= 4 is 41.0 Å². The van der Waals surface area contributed by atoms with Gasteiger partial charge in [0.1, 0.15) is 17.5 Å². The minimum Gasteiger partial charge on any atom is -0.444 e. The van der Waals surface area contributed by atoms with E-state index in [1.54, 1.807) is 33.0 Å². The van der Waals surface area contributed by atoms with Crippen LogP contribution in [-0.2, 0) is 9.53 Å². The normalized spacial score (nSPS) is 16.7. The number of amides is 2. The molecule has 2 aromatic rings. The Morgan fingerprint density at radius 1 is 1.14 bits per heavy atom. The Labute approximate surface area is 216 Å². The molecule has 0 spiro atoms. The van der Waals surface area contributed by atoms with Crippen LogP contribution in [0.5, 0.6) is 0 Å². The summed E-state index contributed by atoms with van der Waals surface area (Å²) in [6.07, 6.45) is 11.1. The molecule has 1 fully saturated rings. The third kappa shape index (κ3) is 7.17. The fraction of sp³-hybridized carbons (Fsp3) is 0.400. The third-order valence-electron chi connectivity index (χ3n) is 5.20. The second kappa shape index (κ2) is 12.0. The fourth-order valence-electron chi connectivity index (χ4n) is 3.87. The van der Waals surface area contributed by atoms with Crippen LogP contribution in [0.15, 0.2) is 41.7 Å². The van der Waals surface area contributed by atoms with Crippen molar-refractivity contribution in [2.24, 2.45) is 5.73 Å². The van der Waals surface area contributed by atoms with Gasteiger partial charge in [0.2, 0.25) is 0 Å². The highest BCUT2D eigenvalue weighted by Crippen LogP contribution is 2.38. The van der Waals surface area contributed by atoms with Gasteiger partial charge in [-0.15, -0.1) is 12.8 Å². The summed E-state index contributed by atoms with van der Waals surface area (Å²) in [4.78, 5) is 25.1. The first-order valence-corrected chi connectivity index (χ1v) is 11.8. The van der Waals surface area contributed by atoms with Crippen LogP contribution in [-0.4, -0.2) is 45.4 Å². The lowest BCUT2D eigenvalue weighted by molar-refractivity contribution is -0.126. The number of aromatic nitrogens is 2. The van der Waals surface area contributed by atoms with Gasteiger partial charge in [0.15, 0.2) is 0 Å². The first-order chi connectivity index (χ1) is 16.5. The van der Waals surface area contributed by atoms with Crippen molar-refractivity contribution < 1.29 is 14.3 Å². The summed E-state index contributed by atoms with van der Waals surface area (Å²) < 4.78 is 6.41. The smallest absolute Gasteiger partial charge is 0.405 e. The lowest BCUT2D eigenvalue weighted by Crippen LogP contribution is -2.36. The van der Waals surface area contributed by atoms with Crippen molar-refractivity contribution in [3.05, 3.63) is 57.3 Å². The van der Waals surface area contributed by atoms with E-state index in [4.69, 9.17) is 28.9 Å². The van der Waals surface area contributed by atoms with Crippen LogP contribution in [0.1, 0.15) is 52.1 Å². The summed E-state index contributed by atoms with van der Waals surface area (Å²) in [6.45, 7) is 8.82. The number of ether oxygens (including phenoxy) is 1. The van der Waals surface area contributed by atoms with Crippen molar-refractivity contribution in [3.63, 3.8) is 0 Å². The van der Waals surface area contributed by atoms with Gasteiger partial charge >= 0.3 is 6.09 Å². The predicted octanol–water partition coefficient (Wildman–Crippen LogP) is 5.23. The van der Waals surface area contributed by atoms with Crippen molar-refractivity contribution in [2.45, 2.75) is 52.2 Å². The largest absolute Gasteiger partial charge is 0.444 e. The molecular weight excluding hydrogens is 489 g/mol. The molecule has 2 aliphatic heterocycles. The molecule has 3 heterocycles. The van der Waals surface area contributed by atoms with Gasteiger partial charge < -0.3 is 20.7 Å². The number of nitrogens with two attached hydrogens (primary N) is 1. The average Bonchev–Trinajstić information content (AvgIpc) is 3.46. The molecule has 35 heavy (non-hydrogen) atoms. The molecule has 4 rings (SSSR count). The molecule has 10 heteroatoms. The van der Waals surface area contributed by atoms with E-state index in [1.165, 1.54) is 0 Å². The first-order valence-electron chi connectivity index (χ1n) is 11.0. The number of hydrogen-bond donors (Lipinski definition) is 2. The van der Waals surface area contributed by atoms with E-state index in [0.29, 0.717) is 15.6 Å². The maximum atomic E-state index is 13.2. The van der Waals surface area contributed by atoms with E-state index < -0.39 is 11.7 Å². The van der Waals surface area contributed by atoms with Crippen LogP contribution in [0.2, 0.25) is 10.0 Å². The number of carbonyl (C=O) groups excluding carboxylic acids is 2. The Kier molecular flexibility index (Phi) is 9.64. The van der Waals surface area contributed by atoms with Crippen LogP contribution in [0.3, 0.4) is 0 Å². The van der Waals surface area contributed by atoms with Crippen LogP contribution in [0.4, 0.5) is 10.6 Å². The number of anilines is 1. The van der Waals surface area contributed by atoms with Crippen LogP contribution < -0.4 is 11.1 Å². The number of nitrogens with zero attached hydrogens (tertiary/aromatic N) is 3. The summed E-state index contributed by atoms with van der Waals surface area (Å²) in [7, 11) is 0. The van der Waals surface area contributed by atoms with E-state index in [9.17, 15) is 9.59 Å². The van der Waals surface area contributed by atoms with Crippen molar-refractivity contribution in [1.82, 2.24) is 14.7 Å². The molecule has 1 unspecified atom stereocenters. The van der Waals surface area contributed by atoms with Gasteiger partial charge in [-0.2, -0.15) is 5.10 Å². The molecule has 1 aromatic carbocycles. The fourth-order valence-corrected chi connectivity index (χ4v) is 4.17. The van der Waals surface area contributed by atoms with Gasteiger partial charge in [-0.05, 0) is 58.2 Å². The number of carbonyl (C=O) groups is 2. The van der Waals surface area contributed by atoms with E-state index in [-0.39, 0.29) is 11.9 Å². The molecule has 2 amide bonds. The molecule has 188 valence electrons. The van der Waals surface area contributed by atoms with Gasteiger partial charge in [-0.25, -0.2) is 9.48 Å². The van der Waals surface area contributed by atoms with E-state index in [2.05, 4.69) is 28.0 Å². The molecule has 1 saturated heterocycles. The zero-order valence-electron chi connectivity index (χ0n) is 20.3. The average molecular weight is 520 g/mol. The van der Waals surface area contributed by atoms with Crippen molar-refractivity contribution in [1.29, 1.82) is 0 Å². The minimum atomic E-state index is -0.725. The maximum Gasteiger partial charge on any atom is 0.405 e. The molecule has 1 atom stereocenters. The molecule has 1 aromatic heterocycles. The second-order valence-electron chi connectivity index (χ2n) is 8.93. The summed E-state index contributed by atoms with van der Waals surface area (Å²) in [5, 5.41) is 8.69. The molecule has 8 nitrogen and oxygen atoms in total. The highest BCUT2D eigenvalue weighted by atomic mass is 35.5. The molecule has 2 aliphatic rings. The van der Waals surface area contributed by atoms with Crippen LogP contribution >= 0.6 is 23.2 Å². The standard InChI is InChI=1S/C18H18Cl2N4O.C5H11NO2.C2H2/c1-11-16(18(25)23-8-2-3-9-23)17(24-15(22-11)6-7-21-24)12-4-5-13(19)14(20)10-12;1-5(2,3)8-4(6)7;1-2/h4-7,10,17,22H,2-3,8-9H2,1H3;1-3H3,(H2,6,7);1-2H. The summed E-state index contributed by atoms with van der Waals surface area (Å²) >= 11 is 12.3. The van der Waals surface area contributed by atoms with E-state index in [1.807, 2.05) is 34.7 Å². The highest BCUT2D eigenvalue weighted by molar-refractivity contribution is 6.42. The van der Waals surface area contributed by atoms with E-state index >= 15 is 0 Å². The molecule has 0 aliphatic carbocycles. The Morgan fingerprint density at radius 3 is 2.29 bits per heavy atom. The topological polar surface area (TPSA) is 102 Å². The summed E-state index contributed by atoms with van der Waals surface area (Å²) in [5.74, 6) is 0.909. The Morgan fingerprint density at radius 2 is 1.77 bits per heavy atom. The van der Waals surface area contributed by atoms with Crippen molar-refractivity contribution in [2.75, 3.05) is 18.4 Å². The molecule has 3 N–H and O–H groups in total. The van der Waals surface area contributed by atoms with Gasteiger partial charge in [-0.1, -0.05) is 29.3 Å². The number of primary amides is 1. The Balaban J connectivity index is 0.000000371. The number of likely N-dealkylation sites (tertiary alicyclic amines) is 1. The van der Waals surface area contributed by atoms with Crippen molar-refractivity contribution in [3.8, 4) is 12.8 Å². The van der Waals surface area contributed by atoms with E-state index in [0.717, 1.165) is 43.0 Å². The lowest BCUT2D eigenvalue weighted by Gasteiger charge is -2.32. The van der Waals surface area contributed by atoms with Crippen LogP contribution in [0, 0.1) is 12.8 Å². The zero-order chi connectivity index (χ0) is 26.3. The monoisotopic (exact) mass is 519 g/mol. The van der Waals surface area contributed by atoms with Gasteiger partial charge in [-0.3, -0.25) is 4.79 Å². The Hall–Kier alpha value is -3.15. The van der Waals surface area contributed by atoms with Gasteiger partial charge in [0.25, 0.3) is 5.91 Å². The molecule has 0 saturated carbocycles. The number of allylic oxidation sites excluding steroid dienone is 1. The lowest BCUT2D eigenvalue weighted by atomic mass is 9.94. The number of hydrogen-bond acceptors (Lipinski definition) is 5. The van der Waals surface area contributed by atoms with Gasteiger partial charge in [0.05, 0.1) is 21.8 Å². The molecular formula is C25H31Cl2N5O3. The quantitative estimate of drug-likeness (QED) is 0.528. The SMILES string of the molecule is C#C.CC(C)(C)OC(N)=O.CC1=C(C(=O)N2CCCC2)C(c2ccc(Cl)c(Cl)c2)n2nccc2N1. The van der Waals surface area contributed by atoms with Gasteiger partial charge in [0, 0.05) is 24.9 Å².